The normalized spacial score (nSPS) is 11.9. The van der Waals surface area contributed by atoms with Gasteiger partial charge in [-0.15, -0.1) is 11.3 Å². The molecule has 0 saturated heterocycles. The molecule has 7 nitrogen and oxygen atoms in total. The van der Waals surface area contributed by atoms with Crippen LogP contribution in [-0.4, -0.2) is 25.8 Å². The summed E-state index contributed by atoms with van der Waals surface area (Å²) >= 11 is 1.45. The molecule has 0 aliphatic heterocycles. The third kappa shape index (κ3) is 3.96. The first kappa shape index (κ1) is 18.0. The zero-order valence-electron chi connectivity index (χ0n) is 15.2. The number of pyridine rings is 2. The minimum atomic E-state index is -0.240. The maximum absolute atomic E-state index is 12.8. The van der Waals surface area contributed by atoms with Crippen LogP contribution in [-0.2, 0) is 6.54 Å². The number of thiophene rings is 1. The fourth-order valence-corrected chi connectivity index (χ4v) is 3.58. The van der Waals surface area contributed by atoms with Crippen LogP contribution >= 0.6 is 11.3 Å². The molecule has 1 unspecified atom stereocenters. The van der Waals surface area contributed by atoms with E-state index in [-0.39, 0.29) is 14.8 Å². The first-order chi connectivity index (χ1) is 13.7. The highest BCUT2D eigenvalue weighted by molar-refractivity contribution is 7.17. The van der Waals surface area contributed by atoms with Gasteiger partial charge in [0.15, 0.2) is 5.69 Å². The zero-order valence-corrected chi connectivity index (χ0v) is 16.0. The number of aromatic nitrogens is 4. The summed E-state index contributed by atoms with van der Waals surface area (Å²) in [6.45, 7) is 2.39. The van der Waals surface area contributed by atoms with Crippen LogP contribution in [0.1, 0.15) is 37.4 Å². The number of amides is 1. The van der Waals surface area contributed by atoms with E-state index in [4.69, 9.17) is 0 Å². The Kier molecular flexibility index (Phi) is 5.20. The highest BCUT2D eigenvalue weighted by Crippen LogP contribution is 2.25. The number of nitrogens with one attached hydrogen (secondary N) is 2. The Morgan fingerprint density at radius 1 is 1.14 bits per heavy atom. The maximum Gasteiger partial charge on any atom is 0.271 e. The molecule has 0 fully saturated rings. The van der Waals surface area contributed by atoms with Crippen molar-refractivity contribution in [1.29, 1.82) is 0 Å². The highest BCUT2D eigenvalue weighted by Gasteiger charge is 2.17. The maximum atomic E-state index is 12.8. The number of nitrogens with zero attached hydrogens (tertiary/aromatic N) is 4. The van der Waals surface area contributed by atoms with Gasteiger partial charge in [-0.05, 0) is 41.6 Å². The van der Waals surface area contributed by atoms with E-state index >= 15 is 0 Å². The van der Waals surface area contributed by atoms with Crippen molar-refractivity contribution >= 4 is 33.4 Å². The summed E-state index contributed by atoms with van der Waals surface area (Å²) in [5.41, 5.74) is 3.05. The third-order valence-corrected chi connectivity index (χ3v) is 5.13. The van der Waals surface area contributed by atoms with Gasteiger partial charge in [0, 0.05) is 34.2 Å². The van der Waals surface area contributed by atoms with Crippen LogP contribution in [0, 0.1) is 0 Å². The van der Waals surface area contributed by atoms with Crippen LogP contribution in [0.4, 0.5) is 5.95 Å². The fraction of sp³-hybridized carbons (Fsp3) is 0.150. The van der Waals surface area contributed by atoms with Crippen LogP contribution in [0.15, 0.2) is 60.5 Å². The summed E-state index contributed by atoms with van der Waals surface area (Å²) in [5.74, 6) is 0.171. The van der Waals surface area contributed by atoms with E-state index in [9.17, 15) is 4.79 Å². The average Bonchev–Trinajstić information content (AvgIpc) is 3.21. The lowest BCUT2D eigenvalue weighted by molar-refractivity contribution is 0.0948. The molecule has 144 valence electrons. The predicted octanol–water partition coefficient (Wildman–Crippen LogP) is 4.08. The second-order valence-corrected chi connectivity index (χ2v) is 7.14. The molecule has 1 amide bonds. The van der Waals surface area contributed by atoms with Gasteiger partial charge in [0.1, 0.15) is 0 Å². The van der Waals surface area contributed by atoms with E-state index in [1.165, 1.54) is 11.3 Å². The van der Waals surface area contributed by atoms with Gasteiger partial charge in [0.25, 0.3) is 5.91 Å². The van der Waals surface area contributed by atoms with Gasteiger partial charge in [0.05, 0.1) is 16.3 Å². The Morgan fingerprint density at radius 2 is 1.96 bits per heavy atom. The van der Waals surface area contributed by atoms with Gasteiger partial charge >= 0.3 is 0 Å². The molecule has 4 aromatic rings. The van der Waals surface area contributed by atoms with Crippen LogP contribution in [0.3, 0.4) is 0 Å². The minimum absolute atomic E-state index is 0. The van der Waals surface area contributed by atoms with Crippen LogP contribution in [0.2, 0.25) is 0 Å². The molecule has 2 N–H and O–H groups in total. The van der Waals surface area contributed by atoms with Crippen molar-refractivity contribution in [3.8, 4) is 0 Å². The Labute approximate surface area is 168 Å². The standard InChI is InChI=1S/C20H18N6OS.2H2/c1-13(15-5-3-8-22-12-15)24-20-25-16-6-9-28-18(16)17(26-20)19(27)23-11-14-4-2-7-21-10-14;;/h2-10,12-13H,11H2,1H3,(H,23,27)(H,24,25,26);2*1H. The second kappa shape index (κ2) is 8.10. The molecule has 0 bridgehead atoms. The second-order valence-electron chi connectivity index (χ2n) is 6.23. The number of rotatable bonds is 6. The Hall–Kier alpha value is -3.39. The lowest BCUT2D eigenvalue weighted by atomic mass is 10.1. The SMILES string of the molecule is CC(Nc1nc(C(=O)NCc2cccnc2)c2sccc2n1)c1cccnc1.[HH].[HH]. The summed E-state index contributed by atoms with van der Waals surface area (Å²) in [5, 5.41) is 8.08. The van der Waals surface area contributed by atoms with Gasteiger partial charge in [-0.1, -0.05) is 12.1 Å². The van der Waals surface area contributed by atoms with Crippen molar-refractivity contribution < 1.29 is 7.65 Å². The molecule has 4 aromatic heterocycles. The van der Waals surface area contributed by atoms with E-state index in [1.807, 2.05) is 42.6 Å². The molecule has 0 spiro atoms. The minimum Gasteiger partial charge on any atom is -0.348 e. The van der Waals surface area contributed by atoms with Crippen molar-refractivity contribution in [2.45, 2.75) is 19.5 Å². The molecule has 0 aliphatic rings. The molecule has 0 radical (unpaired) electrons. The van der Waals surface area contributed by atoms with Gasteiger partial charge in [-0.2, -0.15) is 0 Å². The number of fused-ring (bicyclic) bond motifs is 1. The van der Waals surface area contributed by atoms with Crippen molar-refractivity contribution in [3.05, 3.63) is 77.3 Å². The van der Waals surface area contributed by atoms with E-state index in [1.54, 1.807) is 24.8 Å². The molecule has 28 heavy (non-hydrogen) atoms. The number of hydrogen-bond acceptors (Lipinski definition) is 7. The molecule has 0 saturated carbocycles. The van der Waals surface area contributed by atoms with Crippen LogP contribution in [0.5, 0.6) is 0 Å². The Balaban J connectivity index is 0.00000160. The van der Waals surface area contributed by atoms with Crippen molar-refractivity contribution in [2.75, 3.05) is 5.32 Å². The lowest BCUT2D eigenvalue weighted by Gasteiger charge is -2.14. The molecular formula is C20H22N6OS. The molecule has 0 aromatic carbocycles. The zero-order chi connectivity index (χ0) is 19.3. The van der Waals surface area contributed by atoms with Crippen LogP contribution < -0.4 is 10.6 Å². The molecule has 4 rings (SSSR count). The summed E-state index contributed by atoms with van der Waals surface area (Å²) in [6, 6.07) is 9.46. The van der Waals surface area contributed by atoms with E-state index in [0.29, 0.717) is 18.2 Å². The van der Waals surface area contributed by atoms with Crippen molar-refractivity contribution in [3.63, 3.8) is 0 Å². The summed E-state index contributed by atoms with van der Waals surface area (Å²) in [4.78, 5) is 30.0. The van der Waals surface area contributed by atoms with E-state index < -0.39 is 0 Å². The average molecular weight is 395 g/mol. The van der Waals surface area contributed by atoms with Gasteiger partial charge in [-0.3, -0.25) is 14.8 Å². The first-order valence-electron chi connectivity index (χ1n) is 8.79. The number of carbonyl (C=O) groups excluding carboxylic acids is 1. The summed E-state index contributed by atoms with van der Waals surface area (Å²) in [7, 11) is 0. The van der Waals surface area contributed by atoms with Crippen LogP contribution in [0.25, 0.3) is 10.2 Å². The van der Waals surface area contributed by atoms with Gasteiger partial charge in [0.2, 0.25) is 5.95 Å². The summed E-state index contributed by atoms with van der Waals surface area (Å²) in [6.07, 6.45) is 6.95. The number of anilines is 1. The number of hydrogen-bond donors (Lipinski definition) is 2. The van der Waals surface area contributed by atoms with E-state index in [2.05, 4.69) is 30.6 Å². The van der Waals surface area contributed by atoms with Crippen molar-refractivity contribution in [2.24, 2.45) is 0 Å². The fourth-order valence-electron chi connectivity index (χ4n) is 2.76. The highest BCUT2D eigenvalue weighted by atomic mass is 32.1. The third-order valence-electron chi connectivity index (χ3n) is 4.22. The predicted molar refractivity (Wildman–Crippen MR) is 113 cm³/mol. The van der Waals surface area contributed by atoms with Gasteiger partial charge < -0.3 is 10.6 Å². The molecule has 1 atom stereocenters. The quantitative estimate of drug-likeness (QED) is 0.512. The topological polar surface area (TPSA) is 92.7 Å². The molecule has 0 aliphatic carbocycles. The number of carbonyl (C=O) groups is 1. The Morgan fingerprint density at radius 3 is 2.71 bits per heavy atom. The van der Waals surface area contributed by atoms with Gasteiger partial charge in [-0.25, -0.2) is 9.97 Å². The lowest BCUT2D eigenvalue weighted by Crippen LogP contribution is -2.24. The van der Waals surface area contributed by atoms with Crippen molar-refractivity contribution in [1.82, 2.24) is 25.3 Å². The molecule has 8 heteroatoms. The largest absolute Gasteiger partial charge is 0.348 e. The van der Waals surface area contributed by atoms with E-state index in [0.717, 1.165) is 21.3 Å². The smallest absolute Gasteiger partial charge is 0.271 e. The first-order valence-corrected chi connectivity index (χ1v) is 9.67. The Bertz CT molecular complexity index is 1090. The summed E-state index contributed by atoms with van der Waals surface area (Å²) < 4.78 is 0.767. The molecular weight excluding hydrogens is 372 g/mol. The monoisotopic (exact) mass is 394 g/mol. The molecule has 4 heterocycles.